The smallest absolute Gasteiger partial charge is 0.283 e. The molecule has 5 rings (SSSR count). The van der Waals surface area contributed by atoms with Crippen molar-refractivity contribution in [3.8, 4) is 11.4 Å². The first-order chi connectivity index (χ1) is 12.4. The molecular formula is C18H16N4O4. The summed E-state index contributed by atoms with van der Waals surface area (Å²) in [5, 5.41) is 4.20. The highest BCUT2D eigenvalue weighted by atomic mass is 16.2. The van der Waals surface area contributed by atoms with Crippen LogP contribution in [-0.4, -0.2) is 44.0 Å². The molecule has 3 aliphatic rings. The second-order valence-electron chi connectivity index (χ2n) is 7.18. The normalized spacial score (nSPS) is 25.8. The predicted molar refractivity (Wildman–Crippen MR) is 89.7 cm³/mol. The van der Waals surface area contributed by atoms with E-state index in [9.17, 15) is 19.2 Å². The van der Waals surface area contributed by atoms with Crippen molar-refractivity contribution in [3.05, 3.63) is 39.8 Å². The van der Waals surface area contributed by atoms with Gasteiger partial charge in [-0.2, -0.15) is 0 Å². The molecule has 1 aliphatic carbocycles. The Morgan fingerprint density at radius 2 is 2.04 bits per heavy atom. The third kappa shape index (κ3) is 1.45. The van der Waals surface area contributed by atoms with E-state index < -0.39 is 29.0 Å². The molecule has 2 amide bonds. The number of carbonyl (C=O) groups excluding carboxylic acids is 3. The number of aryl methyl sites for hydroxylation is 1. The summed E-state index contributed by atoms with van der Waals surface area (Å²) in [7, 11) is 1.45. The maximum Gasteiger partial charge on any atom is 0.354 e. The zero-order valence-corrected chi connectivity index (χ0v) is 14.4. The zero-order valence-electron chi connectivity index (χ0n) is 14.4. The van der Waals surface area contributed by atoms with Crippen molar-refractivity contribution in [3.63, 3.8) is 0 Å². The lowest BCUT2D eigenvalue weighted by molar-refractivity contribution is -0.138. The van der Waals surface area contributed by atoms with Crippen molar-refractivity contribution in [2.45, 2.75) is 37.6 Å². The lowest BCUT2D eigenvalue weighted by Gasteiger charge is -2.41. The second-order valence-corrected chi connectivity index (χ2v) is 7.18. The van der Waals surface area contributed by atoms with Gasteiger partial charge in [0.25, 0.3) is 5.91 Å². The van der Waals surface area contributed by atoms with Crippen molar-refractivity contribution in [2.24, 2.45) is 0 Å². The SMILES string of the molecule is CC(=O)n1nc2n(c1=O)C1C(=O)N(C)C(=O)C13CCCc1cccc-2c13. The molecule has 8 heteroatoms. The number of likely N-dealkylation sites (tertiary alicyclic amines) is 1. The van der Waals surface area contributed by atoms with Crippen molar-refractivity contribution < 1.29 is 14.4 Å². The second kappa shape index (κ2) is 4.57. The number of hydrogen-bond acceptors (Lipinski definition) is 5. The van der Waals surface area contributed by atoms with Gasteiger partial charge in [-0.05, 0) is 30.4 Å². The van der Waals surface area contributed by atoms with Crippen LogP contribution in [0.4, 0.5) is 0 Å². The van der Waals surface area contributed by atoms with Crippen LogP contribution in [0.2, 0.25) is 0 Å². The van der Waals surface area contributed by atoms with Gasteiger partial charge in [-0.1, -0.05) is 18.2 Å². The van der Waals surface area contributed by atoms with Gasteiger partial charge in [0.05, 0.1) is 0 Å². The third-order valence-electron chi connectivity index (χ3n) is 5.94. The van der Waals surface area contributed by atoms with Crippen molar-refractivity contribution in [1.82, 2.24) is 19.2 Å². The molecule has 1 spiro atoms. The monoisotopic (exact) mass is 352 g/mol. The minimum atomic E-state index is -1.09. The van der Waals surface area contributed by atoms with Crippen molar-refractivity contribution in [2.75, 3.05) is 7.05 Å². The molecule has 2 aliphatic heterocycles. The third-order valence-corrected chi connectivity index (χ3v) is 5.94. The molecule has 2 atom stereocenters. The summed E-state index contributed by atoms with van der Waals surface area (Å²) < 4.78 is 2.03. The molecule has 1 aromatic carbocycles. The molecule has 3 heterocycles. The Morgan fingerprint density at radius 3 is 2.77 bits per heavy atom. The first-order valence-electron chi connectivity index (χ1n) is 8.57. The molecule has 2 aromatic rings. The average Bonchev–Trinajstić information content (AvgIpc) is 3.05. The number of amides is 2. The summed E-state index contributed by atoms with van der Waals surface area (Å²) in [5.41, 5.74) is 0.706. The number of likely N-dealkylation sites (N-methyl/N-ethyl adjacent to an activating group) is 1. The fraction of sp³-hybridized carbons (Fsp3) is 0.389. The lowest BCUT2D eigenvalue weighted by atomic mass is 9.63. The standard InChI is InChI=1S/C18H16N4O4/c1-9(23)22-17(26)21-13-15(24)20(2)16(25)18(13)8-4-6-10-5-3-7-11(12(10)18)14(21)19-22/h3,5,7,13H,4,6,8H2,1-2H3. The molecule has 0 saturated carbocycles. The largest absolute Gasteiger partial charge is 0.354 e. The van der Waals surface area contributed by atoms with Gasteiger partial charge in [-0.3, -0.25) is 23.9 Å². The maximum absolute atomic E-state index is 13.2. The van der Waals surface area contributed by atoms with Crippen molar-refractivity contribution in [1.29, 1.82) is 0 Å². The van der Waals surface area contributed by atoms with Gasteiger partial charge >= 0.3 is 5.69 Å². The molecule has 0 bridgehead atoms. The Labute approximate surface area is 148 Å². The highest BCUT2D eigenvalue weighted by Gasteiger charge is 2.65. The number of nitrogens with zero attached hydrogens (tertiary/aromatic N) is 4. The molecular weight excluding hydrogens is 336 g/mol. The summed E-state index contributed by atoms with van der Waals surface area (Å²) in [6.45, 7) is 1.25. The van der Waals surface area contributed by atoms with Crippen LogP contribution >= 0.6 is 0 Å². The average molecular weight is 352 g/mol. The fourth-order valence-electron chi connectivity index (χ4n) is 4.93. The summed E-state index contributed by atoms with van der Waals surface area (Å²) in [6, 6.07) is 4.65. The van der Waals surface area contributed by atoms with Gasteiger partial charge in [0, 0.05) is 19.5 Å². The van der Waals surface area contributed by atoms with E-state index in [1.54, 1.807) is 6.07 Å². The highest BCUT2D eigenvalue weighted by molar-refractivity contribution is 6.13. The molecule has 0 N–H and O–H groups in total. The molecule has 1 fully saturated rings. The van der Waals surface area contributed by atoms with E-state index >= 15 is 0 Å². The van der Waals surface area contributed by atoms with Crippen LogP contribution in [0.1, 0.15) is 41.7 Å². The number of rotatable bonds is 0. The Morgan fingerprint density at radius 1 is 1.27 bits per heavy atom. The minimum absolute atomic E-state index is 0.279. The van der Waals surface area contributed by atoms with Crippen molar-refractivity contribution >= 4 is 17.7 Å². The van der Waals surface area contributed by atoms with Crippen LogP contribution in [0, 0.1) is 0 Å². The van der Waals surface area contributed by atoms with E-state index in [0.717, 1.165) is 33.6 Å². The van der Waals surface area contributed by atoms with Crippen LogP contribution in [0.5, 0.6) is 0 Å². The summed E-state index contributed by atoms with van der Waals surface area (Å²) >= 11 is 0. The van der Waals surface area contributed by atoms with Gasteiger partial charge < -0.3 is 0 Å². The number of aromatic nitrogens is 3. The molecule has 8 nitrogen and oxygen atoms in total. The molecule has 26 heavy (non-hydrogen) atoms. The number of hydrogen-bond donors (Lipinski definition) is 0. The van der Waals surface area contributed by atoms with Gasteiger partial charge in [-0.15, -0.1) is 9.78 Å². The molecule has 132 valence electrons. The van der Waals surface area contributed by atoms with E-state index in [2.05, 4.69) is 5.10 Å². The number of fused-ring (bicyclic) bond motifs is 3. The number of carbonyl (C=O) groups is 3. The Hall–Kier alpha value is -3.03. The highest BCUT2D eigenvalue weighted by Crippen LogP contribution is 2.56. The topological polar surface area (TPSA) is 94.3 Å². The maximum atomic E-state index is 13.2. The molecule has 1 aromatic heterocycles. The van der Waals surface area contributed by atoms with E-state index in [1.807, 2.05) is 12.1 Å². The number of benzene rings is 1. The quantitative estimate of drug-likeness (QED) is 0.644. The summed E-state index contributed by atoms with van der Waals surface area (Å²) in [4.78, 5) is 52.0. The Bertz CT molecular complexity index is 1100. The van der Waals surface area contributed by atoms with Gasteiger partial charge in [-0.25, -0.2) is 4.79 Å². The molecule has 2 unspecified atom stereocenters. The van der Waals surface area contributed by atoms with Gasteiger partial charge in [0.2, 0.25) is 11.8 Å². The lowest BCUT2D eigenvalue weighted by Crippen LogP contribution is -2.49. The Balaban J connectivity index is 1.98. The minimum Gasteiger partial charge on any atom is -0.283 e. The van der Waals surface area contributed by atoms with E-state index in [1.165, 1.54) is 18.5 Å². The van der Waals surface area contributed by atoms with E-state index in [4.69, 9.17) is 0 Å². The summed E-state index contributed by atoms with van der Waals surface area (Å²) in [5.74, 6) is -0.959. The summed E-state index contributed by atoms with van der Waals surface area (Å²) in [6.07, 6.45) is 2.05. The number of imide groups is 1. The van der Waals surface area contributed by atoms with E-state index in [0.29, 0.717) is 12.0 Å². The van der Waals surface area contributed by atoms with Gasteiger partial charge in [0.1, 0.15) is 11.5 Å². The fourth-order valence-corrected chi connectivity index (χ4v) is 4.93. The van der Waals surface area contributed by atoms with Gasteiger partial charge in [0.15, 0.2) is 5.82 Å². The molecule has 0 radical (unpaired) electrons. The first-order valence-corrected chi connectivity index (χ1v) is 8.57. The van der Waals surface area contributed by atoms with Crippen LogP contribution in [0.15, 0.2) is 23.0 Å². The van der Waals surface area contributed by atoms with Crippen LogP contribution in [0.25, 0.3) is 11.4 Å². The zero-order chi connectivity index (χ0) is 18.4. The predicted octanol–water partition coefficient (Wildman–Crippen LogP) is 0.499. The van der Waals surface area contributed by atoms with Crippen LogP contribution < -0.4 is 5.69 Å². The van der Waals surface area contributed by atoms with E-state index in [-0.39, 0.29) is 11.7 Å². The van der Waals surface area contributed by atoms with Crippen LogP contribution in [-0.2, 0) is 21.4 Å². The first kappa shape index (κ1) is 15.2. The molecule has 1 saturated heterocycles. The Kier molecular flexibility index (Phi) is 2.68. The van der Waals surface area contributed by atoms with Crippen LogP contribution in [0.3, 0.4) is 0 Å².